The van der Waals surface area contributed by atoms with E-state index in [-0.39, 0.29) is 11.8 Å². The number of carbonyl (C=O) groups is 1. The lowest BCUT2D eigenvalue weighted by Gasteiger charge is -2.19. The van der Waals surface area contributed by atoms with Crippen molar-refractivity contribution in [3.05, 3.63) is 23.8 Å². The zero-order chi connectivity index (χ0) is 13.9. The number of nitrogens with one attached hydrogen (secondary N) is 1. The van der Waals surface area contributed by atoms with Crippen molar-refractivity contribution in [2.24, 2.45) is 11.7 Å². The summed E-state index contributed by atoms with van der Waals surface area (Å²) in [5, 5.41) is 2.85. The Morgan fingerprint density at radius 1 is 1.33 bits per heavy atom. The monoisotopic (exact) mass is 249 g/mol. The van der Waals surface area contributed by atoms with Crippen molar-refractivity contribution in [2.45, 2.75) is 26.8 Å². The Kier molecular flexibility index (Phi) is 4.73. The van der Waals surface area contributed by atoms with Gasteiger partial charge in [0.25, 0.3) is 0 Å². The van der Waals surface area contributed by atoms with E-state index in [2.05, 4.69) is 5.32 Å². The number of nitrogens with zero attached hydrogens (tertiary/aromatic N) is 1. The van der Waals surface area contributed by atoms with Gasteiger partial charge in [-0.1, -0.05) is 19.9 Å². The van der Waals surface area contributed by atoms with Gasteiger partial charge in [-0.05, 0) is 30.5 Å². The average molecular weight is 249 g/mol. The minimum atomic E-state index is -0.478. The van der Waals surface area contributed by atoms with E-state index in [0.29, 0.717) is 0 Å². The quantitative estimate of drug-likeness (QED) is 0.858. The predicted octanol–water partition coefficient (Wildman–Crippen LogP) is 1.98. The maximum absolute atomic E-state index is 11.9. The van der Waals surface area contributed by atoms with Gasteiger partial charge >= 0.3 is 0 Å². The minimum absolute atomic E-state index is 0.128. The summed E-state index contributed by atoms with van der Waals surface area (Å²) in [5.74, 6) is -0.0117. The molecule has 0 bridgehead atoms. The third-order valence-corrected chi connectivity index (χ3v) is 2.98. The normalized spacial score (nSPS) is 12.4. The molecule has 4 heteroatoms. The lowest BCUT2D eigenvalue weighted by Crippen LogP contribution is -2.39. The van der Waals surface area contributed by atoms with Crippen molar-refractivity contribution in [1.82, 2.24) is 0 Å². The minimum Gasteiger partial charge on any atom is -0.377 e. The van der Waals surface area contributed by atoms with Crippen LogP contribution in [0.2, 0.25) is 0 Å². The van der Waals surface area contributed by atoms with Crippen LogP contribution < -0.4 is 16.0 Å². The number of hydrogen-bond donors (Lipinski definition) is 2. The highest BCUT2D eigenvalue weighted by Gasteiger charge is 2.17. The van der Waals surface area contributed by atoms with Gasteiger partial charge in [0.15, 0.2) is 0 Å². The van der Waals surface area contributed by atoms with Gasteiger partial charge in [-0.15, -0.1) is 0 Å². The lowest BCUT2D eigenvalue weighted by atomic mass is 10.0. The SMILES string of the molecule is Cc1ccc(NC(=O)C(N)C(C)C)cc1N(C)C. The van der Waals surface area contributed by atoms with Crippen molar-refractivity contribution in [1.29, 1.82) is 0 Å². The van der Waals surface area contributed by atoms with Gasteiger partial charge in [-0.2, -0.15) is 0 Å². The Bertz CT molecular complexity index is 427. The Labute approximate surface area is 109 Å². The molecule has 0 aromatic heterocycles. The molecule has 1 rings (SSSR count). The Morgan fingerprint density at radius 2 is 1.94 bits per heavy atom. The molecule has 18 heavy (non-hydrogen) atoms. The molecule has 1 amide bonds. The van der Waals surface area contributed by atoms with Gasteiger partial charge < -0.3 is 16.0 Å². The fraction of sp³-hybridized carbons (Fsp3) is 0.500. The van der Waals surface area contributed by atoms with Crippen LogP contribution >= 0.6 is 0 Å². The number of aryl methyl sites for hydroxylation is 1. The zero-order valence-electron chi connectivity index (χ0n) is 11.8. The summed E-state index contributed by atoms with van der Waals surface area (Å²) in [5.41, 5.74) is 8.86. The molecule has 0 aliphatic rings. The van der Waals surface area contributed by atoms with E-state index in [9.17, 15) is 4.79 Å². The Balaban J connectivity index is 2.86. The highest BCUT2D eigenvalue weighted by Crippen LogP contribution is 2.22. The highest BCUT2D eigenvalue weighted by molar-refractivity contribution is 5.95. The molecule has 1 aromatic rings. The lowest BCUT2D eigenvalue weighted by molar-refractivity contribution is -0.118. The summed E-state index contributed by atoms with van der Waals surface area (Å²) in [4.78, 5) is 13.9. The standard InChI is InChI=1S/C14H23N3O/c1-9(2)13(15)14(18)16-11-7-6-10(3)12(8-11)17(4)5/h6-9,13H,15H2,1-5H3,(H,16,18). The van der Waals surface area contributed by atoms with Gasteiger partial charge in [0.05, 0.1) is 6.04 Å². The van der Waals surface area contributed by atoms with Crippen LogP contribution in [0.25, 0.3) is 0 Å². The van der Waals surface area contributed by atoms with E-state index in [1.165, 1.54) is 5.56 Å². The van der Waals surface area contributed by atoms with E-state index in [4.69, 9.17) is 5.73 Å². The largest absolute Gasteiger partial charge is 0.377 e. The molecule has 4 nitrogen and oxygen atoms in total. The Hall–Kier alpha value is -1.55. The van der Waals surface area contributed by atoms with E-state index in [1.807, 2.05) is 58.0 Å². The third kappa shape index (κ3) is 3.47. The highest BCUT2D eigenvalue weighted by atomic mass is 16.2. The molecule has 0 fully saturated rings. The van der Waals surface area contributed by atoms with Crippen LogP contribution in [0, 0.1) is 12.8 Å². The van der Waals surface area contributed by atoms with Crippen LogP contribution in [0.15, 0.2) is 18.2 Å². The number of benzene rings is 1. The second-order valence-corrected chi connectivity index (χ2v) is 5.15. The van der Waals surface area contributed by atoms with Crippen LogP contribution in [-0.4, -0.2) is 26.0 Å². The summed E-state index contributed by atoms with van der Waals surface area (Å²) < 4.78 is 0. The molecule has 1 unspecified atom stereocenters. The Morgan fingerprint density at radius 3 is 2.44 bits per heavy atom. The van der Waals surface area contributed by atoms with Gasteiger partial charge in [0.2, 0.25) is 5.91 Å². The van der Waals surface area contributed by atoms with Gasteiger partial charge in [0.1, 0.15) is 0 Å². The van der Waals surface area contributed by atoms with Crippen LogP contribution in [0.3, 0.4) is 0 Å². The van der Waals surface area contributed by atoms with E-state index in [1.54, 1.807) is 0 Å². The molecule has 0 aliphatic heterocycles. The van der Waals surface area contributed by atoms with Crippen LogP contribution in [0.4, 0.5) is 11.4 Å². The van der Waals surface area contributed by atoms with E-state index in [0.717, 1.165) is 11.4 Å². The van der Waals surface area contributed by atoms with Crippen molar-refractivity contribution >= 4 is 17.3 Å². The van der Waals surface area contributed by atoms with Crippen LogP contribution in [-0.2, 0) is 4.79 Å². The average Bonchev–Trinajstić information content (AvgIpc) is 2.29. The fourth-order valence-corrected chi connectivity index (χ4v) is 1.70. The summed E-state index contributed by atoms with van der Waals surface area (Å²) >= 11 is 0. The van der Waals surface area contributed by atoms with Crippen molar-refractivity contribution in [3.8, 4) is 0 Å². The molecule has 0 spiro atoms. The molecule has 100 valence electrons. The molecule has 1 aromatic carbocycles. The maximum Gasteiger partial charge on any atom is 0.241 e. The molecule has 1 atom stereocenters. The molecule has 0 radical (unpaired) electrons. The van der Waals surface area contributed by atoms with E-state index < -0.39 is 6.04 Å². The van der Waals surface area contributed by atoms with Gasteiger partial charge in [0, 0.05) is 25.5 Å². The number of anilines is 2. The van der Waals surface area contributed by atoms with Gasteiger partial charge in [-0.25, -0.2) is 0 Å². The molecule has 0 saturated carbocycles. The van der Waals surface area contributed by atoms with Crippen molar-refractivity contribution in [2.75, 3.05) is 24.3 Å². The molecule has 0 aliphatic carbocycles. The first kappa shape index (κ1) is 14.5. The van der Waals surface area contributed by atoms with Crippen LogP contribution in [0.1, 0.15) is 19.4 Å². The summed E-state index contributed by atoms with van der Waals surface area (Å²) in [6, 6.07) is 5.37. The van der Waals surface area contributed by atoms with Crippen molar-refractivity contribution < 1.29 is 4.79 Å². The second-order valence-electron chi connectivity index (χ2n) is 5.15. The predicted molar refractivity (Wildman–Crippen MR) is 76.9 cm³/mol. The topological polar surface area (TPSA) is 58.4 Å². The summed E-state index contributed by atoms with van der Waals surface area (Å²) in [6.07, 6.45) is 0. The second kappa shape index (κ2) is 5.87. The molecular formula is C14H23N3O. The zero-order valence-corrected chi connectivity index (χ0v) is 11.8. The molecular weight excluding hydrogens is 226 g/mol. The molecule has 3 N–H and O–H groups in total. The number of amides is 1. The third-order valence-electron chi connectivity index (χ3n) is 2.98. The summed E-state index contributed by atoms with van der Waals surface area (Å²) in [6.45, 7) is 5.91. The number of carbonyl (C=O) groups excluding carboxylic acids is 1. The van der Waals surface area contributed by atoms with Crippen LogP contribution in [0.5, 0.6) is 0 Å². The first-order chi connectivity index (χ1) is 8.32. The van der Waals surface area contributed by atoms with Crippen molar-refractivity contribution in [3.63, 3.8) is 0 Å². The maximum atomic E-state index is 11.9. The smallest absolute Gasteiger partial charge is 0.241 e. The number of rotatable bonds is 4. The van der Waals surface area contributed by atoms with E-state index >= 15 is 0 Å². The molecule has 0 saturated heterocycles. The van der Waals surface area contributed by atoms with Gasteiger partial charge in [-0.3, -0.25) is 4.79 Å². The number of nitrogens with two attached hydrogens (primary N) is 1. The number of hydrogen-bond acceptors (Lipinski definition) is 3. The first-order valence-corrected chi connectivity index (χ1v) is 6.17. The first-order valence-electron chi connectivity index (χ1n) is 6.17. The molecule has 0 heterocycles. The fourth-order valence-electron chi connectivity index (χ4n) is 1.70. The summed E-state index contributed by atoms with van der Waals surface area (Å²) in [7, 11) is 3.96.